The van der Waals surface area contributed by atoms with Crippen LogP contribution in [0.15, 0.2) is 77.7 Å². The van der Waals surface area contributed by atoms with Crippen molar-refractivity contribution in [2.75, 3.05) is 11.9 Å². The van der Waals surface area contributed by atoms with Gasteiger partial charge in [-0.3, -0.25) is 9.36 Å². The van der Waals surface area contributed by atoms with Crippen molar-refractivity contribution in [3.8, 4) is 0 Å². The Balaban J connectivity index is 1.52. The molecule has 1 amide bonds. The molecule has 28 heavy (non-hydrogen) atoms. The van der Waals surface area contributed by atoms with Crippen molar-refractivity contribution < 1.29 is 14.6 Å². The van der Waals surface area contributed by atoms with Gasteiger partial charge < -0.3 is 15.2 Å². The molecule has 0 aliphatic rings. The minimum absolute atomic E-state index is 0.0491. The van der Waals surface area contributed by atoms with Crippen LogP contribution in [0.25, 0.3) is 0 Å². The fourth-order valence-corrected chi connectivity index (χ4v) is 2.58. The standard InChI is InChI=1S/C21H21N3O4/c25-18(15-28-14-16-7-3-1-4-8-16)13-24-12-11-19(23-21(24)27)22-20(26)17-9-5-2-6-10-17/h1-12,18,25H,13-15H2,(H,22,23,26,27). The lowest BCUT2D eigenvalue weighted by Crippen LogP contribution is -2.31. The number of hydrogen-bond donors (Lipinski definition) is 2. The van der Waals surface area contributed by atoms with Gasteiger partial charge in [0.05, 0.1) is 25.9 Å². The van der Waals surface area contributed by atoms with E-state index in [0.717, 1.165) is 5.56 Å². The van der Waals surface area contributed by atoms with Crippen molar-refractivity contribution in [3.63, 3.8) is 0 Å². The fourth-order valence-electron chi connectivity index (χ4n) is 2.58. The van der Waals surface area contributed by atoms with Gasteiger partial charge in [0.1, 0.15) is 5.82 Å². The first-order chi connectivity index (χ1) is 13.6. The van der Waals surface area contributed by atoms with E-state index in [1.165, 1.54) is 16.8 Å². The molecule has 3 rings (SSSR count). The summed E-state index contributed by atoms with van der Waals surface area (Å²) in [5, 5.41) is 12.7. The highest BCUT2D eigenvalue weighted by atomic mass is 16.5. The van der Waals surface area contributed by atoms with E-state index in [1.54, 1.807) is 24.3 Å². The Morgan fingerprint density at radius 2 is 1.75 bits per heavy atom. The lowest BCUT2D eigenvalue weighted by Gasteiger charge is -2.13. The fraction of sp³-hybridized carbons (Fsp3) is 0.190. The van der Waals surface area contributed by atoms with Crippen LogP contribution in [-0.4, -0.2) is 33.3 Å². The van der Waals surface area contributed by atoms with Crippen LogP contribution in [0.4, 0.5) is 5.82 Å². The summed E-state index contributed by atoms with van der Waals surface area (Å²) in [5.41, 5.74) is 0.916. The molecule has 0 aliphatic carbocycles. The van der Waals surface area contributed by atoms with Crippen LogP contribution >= 0.6 is 0 Å². The van der Waals surface area contributed by atoms with Crippen molar-refractivity contribution in [1.82, 2.24) is 9.55 Å². The molecule has 144 valence electrons. The monoisotopic (exact) mass is 379 g/mol. The predicted molar refractivity (Wildman–Crippen MR) is 105 cm³/mol. The van der Waals surface area contributed by atoms with E-state index in [2.05, 4.69) is 10.3 Å². The Morgan fingerprint density at radius 1 is 1.07 bits per heavy atom. The number of rotatable bonds is 8. The van der Waals surface area contributed by atoms with E-state index >= 15 is 0 Å². The first-order valence-corrected chi connectivity index (χ1v) is 8.85. The van der Waals surface area contributed by atoms with Crippen LogP contribution in [-0.2, 0) is 17.9 Å². The number of hydrogen-bond acceptors (Lipinski definition) is 5. The van der Waals surface area contributed by atoms with Crippen molar-refractivity contribution >= 4 is 11.7 Å². The molecule has 0 radical (unpaired) electrons. The smallest absolute Gasteiger partial charge is 0.349 e. The number of aromatic nitrogens is 2. The molecule has 2 N–H and O–H groups in total. The molecule has 0 saturated carbocycles. The van der Waals surface area contributed by atoms with Gasteiger partial charge in [-0.2, -0.15) is 4.98 Å². The molecule has 0 spiro atoms. The average molecular weight is 379 g/mol. The second kappa shape index (κ2) is 9.59. The largest absolute Gasteiger partial charge is 0.389 e. The van der Waals surface area contributed by atoms with Crippen LogP contribution in [0.3, 0.4) is 0 Å². The Bertz CT molecular complexity index is 958. The third kappa shape index (κ3) is 5.60. The summed E-state index contributed by atoms with van der Waals surface area (Å²) in [7, 11) is 0. The Labute approximate surface area is 162 Å². The number of carbonyl (C=O) groups excluding carboxylic acids is 1. The lowest BCUT2D eigenvalue weighted by atomic mass is 10.2. The van der Waals surface area contributed by atoms with Gasteiger partial charge in [-0.1, -0.05) is 48.5 Å². The number of anilines is 1. The number of nitrogens with one attached hydrogen (secondary N) is 1. The molecule has 0 saturated heterocycles. The molecular formula is C21H21N3O4. The van der Waals surface area contributed by atoms with Crippen LogP contribution in [0.2, 0.25) is 0 Å². The Kier molecular flexibility index (Phi) is 6.67. The summed E-state index contributed by atoms with van der Waals surface area (Å²) in [6.45, 7) is 0.525. The zero-order chi connectivity index (χ0) is 19.8. The van der Waals surface area contributed by atoms with Gasteiger partial charge in [-0.15, -0.1) is 0 Å². The summed E-state index contributed by atoms with van der Waals surface area (Å²) in [6, 6.07) is 19.8. The number of aliphatic hydroxyl groups is 1. The summed E-state index contributed by atoms with van der Waals surface area (Å²) in [6.07, 6.45) is 0.629. The molecule has 7 nitrogen and oxygen atoms in total. The second-order valence-electron chi connectivity index (χ2n) is 6.22. The lowest BCUT2D eigenvalue weighted by molar-refractivity contribution is 0.0197. The number of ether oxygens (including phenoxy) is 1. The minimum Gasteiger partial charge on any atom is -0.389 e. The maximum Gasteiger partial charge on any atom is 0.349 e. The molecule has 0 aliphatic heterocycles. The van der Waals surface area contributed by atoms with Gasteiger partial charge in [0.25, 0.3) is 5.91 Å². The van der Waals surface area contributed by atoms with Gasteiger partial charge >= 0.3 is 5.69 Å². The predicted octanol–water partition coefficient (Wildman–Crippen LogP) is 2.07. The zero-order valence-corrected chi connectivity index (χ0v) is 15.2. The molecular weight excluding hydrogens is 358 g/mol. The van der Waals surface area contributed by atoms with Gasteiger partial charge in [-0.25, -0.2) is 4.79 Å². The third-order valence-corrected chi connectivity index (χ3v) is 3.98. The summed E-state index contributed by atoms with van der Waals surface area (Å²) in [4.78, 5) is 28.1. The first kappa shape index (κ1) is 19.5. The van der Waals surface area contributed by atoms with E-state index in [0.29, 0.717) is 12.2 Å². The highest BCUT2D eigenvalue weighted by Crippen LogP contribution is 2.05. The van der Waals surface area contributed by atoms with E-state index in [9.17, 15) is 14.7 Å². The quantitative estimate of drug-likeness (QED) is 0.625. The van der Waals surface area contributed by atoms with Gasteiger partial charge in [0.2, 0.25) is 0 Å². The molecule has 1 unspecified atom stereocenters. The summed E-state index contributed by atoms with van der Waals surface area (Å²) >= 11 is 0. The molecule has 7 heteroatoms. The molecule has 2 aromatic carbocycles. The van der Waals surface area contributed by atoms with E-state index in [1.807, 2.05) is 36.4 Å². The summed E-state index contributed by atoms with van der Waals surface area (Å²) < 4.78 is 6.75. The van der Waals surface area contributed by atoms with Crippen LogP contribution in [0, 0.1) is 0 Å². The molecule has 3 aromatic rings. The first-order valence-electron chi connectivity index (χ1n) is 8.85. The molecule has 0 bridgehead atoms. The van der Waals surface area contributed by atoms with Gasteiger partial charge in [0, 0.05) is 11.8 Å². The van der Waals surface area contributed by atoms with Crippen molar-refractivity contribution in [2.45, 2.75) is 19.3 Å². The van der Waals surface area contributed by atoms with E-state index in [-0.39, 0.29) is 24.9 Å². The zero-order valence-electron chi connectivity index (χ0n) is 15.2. The number of carbonyl (C=O) groups is 1. The third-order valence-electron chi connectivity index (χ3n) is 3.98. The van der Waals surface area contributed by atoms with Crippen LogP contribution in [0.1, 0.15) is 15.9 Å². The highest BCUT2D eigenvalue weighted by molar-refractivity contribution is 6.03. The molecule has 0 fully saturated rings. The Hall–Kier alpha value is -3.29. The number of aliphatic hydroxyl groups excluding tert-OH is 1. The van der Waals surface area contributed by atoms with Crippen molar-refractivity contribution in [1.29, 1.82) is 0 Å². The minimum atomic E-state index is -0.854. The van der Waals surface area contributed by atoms with Gasteiger partial charge in [-0.05, 0) is 23.8 Å². The Morgan fingerprint density at radius 3 is 2.43 bits per heavy atom. The second-order valence-corrected chi connectivity index (χ2v) is 6.22. The number of benzene rings is 2. The number of amides is 1. The van der Waals surface area contributed by atoms with Crippen molar-refractivity contribution in [2.24, 2.45) is 0 Å². The maximum atomic E-state index is 12.1. The van der Waals surface area contributed by atoms with Crippen LogP contribution < -0.4 is 11.0 Å². The molecule has 1 atom stereocenters. The maximum absolute atomic E-state index is 12.1. The normalized spacial score (nSPS) is 11.8. The van der Waals surface area contributed by atoms with Gasteiger partial charge in [0.15, 0.2) is 0 Å². The molecule has 1 aromatic heterocycles. The van der Waals surface area contributed by atoms with Crippen molar-refractivity contribution in [3.05, 3.63) is 94.5 Å². The van der Waals surface area contributed by atoms with E-state index in [4.69, 9.17) is 4.74 Å². The van der Waals surface area contributed by atoms with Crippen LogP contribution in [0.5, 0.6) is 0 Å². The average Bonchev–Trinajstić information content (AvgIpc) is 2.71. The number of nitrogens with zero attached hydrogens (tertiary/aromatic N) is 2. The highest BCUT2D eigenvalue weighted by Gasteiger charge is 2.10. The SMILES string of the molecule is O=C(Nc1ccn(CC(O)COCc2ccccc2)c(=O)n1)c1ccccc1. The molecule has 1 heterocycles. The summed E-state index contributed by atoms with van der Waals surface area (Å²) in [5.74, 6) is -0.190. The van der Waals surface area contributed by atoms with E-state index < -0.39 is 11.8 Å². The topological polar surface area (TPSA) is 93.5 Å².